The van der Waals surface area contributed by atoms with E-state index in [0.717, 1.165) is 36.3 Å². The molecule has 0 radical (unpaired) electrons. The zero-order valence-electron chi connectivity index (χ0n) is 10.5. The van der Waals surface area contributed by atoms with Crippen molar-refractivity contribution in [1.82, 2.24) is 10.1 Å². The largest absolute Gasteiger partial charge is 0.481 e. The Hall–Kier alpha value is -1.04. The highest BCUT2D eigenvalue weighted by molar-refractivity contribution is 7.99. The van der Waals surface area contributed by atoms with E-state index in [2.05, 4.69) is 17.1 Å². The van der Waals surface area contributed by atoms with Crippen molar-refractivity contribution in [2.75, 3.05) is 5.75 Å². The molecule has 0 spiro atoms. The Balaban J connectivity index is 1.94. The summed E-state index contributed by atoms with van der Waals surface area (Å²) in [5.41, 5.74) is 0. The Morgan fingerprint density at radius 1 is 1.56 bits per heavy atom. The Morgan fingerprint density at radius 3 is 3.11 bits per heavy atom. The van der Waals surface area contributed by atoms with Gasteiger partial charge in [0.2, 0.25) is 0 Å². The van der Waals surface area contributed by atoms with E-state index in [1.54, 1.807) is 0 Å². The van der Waals surface area contributed by atoms with Gasteiger partial charge in [0.15, 0.2) is 5.82 Å². The highest BCUT2D eigenvalue weighted by Crippen LogP contribution is 2.36. The molecule has 0 bridgehead atoms. The number of hydrogen-bond acceptors (Lipinski definition) is 5. The third-order valence-corrected chi connectivity index (χ3v) is 4.27. The van der Waals surface area contributed by atoms with Gasteiger partial charge >= 0.3 is 5.97 Å². The van der Waals surface area contributed by atoms with Gasteiger partial charge in [0.05, 0.1) is 0 Å². The molecule has 2 unspecified atom stereocenters. The van der Waals surface area contributed by atoms with E-state index < -0.39 is 5.97 Å². The molecule has 0 amide bonds. The molecule has 6 heteroatoms. The van der Waals surface area contributed by atoms with Crippen molar-refractivity contribution in [1.29, 1.82) is 0 Å². The van der Waals surface area contributed by atoms with Crippen molar-refractivity contribution in [3.63, 3.8) is 0 Å². The van der Waals surface area contributed by atoms with E-state index in [4.69, 9.17) is 9.63 Å². The number of aliphatic carboxylic acids is 1. The number of thioether (sulfide) groups is 1. The standard InChI is InChI=1S/C12H18N2O3S/c1-2-8-4-3-5-9(6-8)11-13-12(17-14-11)18-7-10(15)16/h8-9H,2-7H2,1H3,(H,15,16). The Labute approximate surface area is 110 Å². The van der Waals surface area contributed by atoms with E-state index in [1.807, 2.05) is 0 Å². The van der Waals surface area contributed by atoms with Crippen LogP contribution in [0.1, 0.15) is 50.8 Å². The van der Waals surface area contributed by atoms with Crippen molar-refractivity contribution >= 4 is 17.7 Å². The van der Waals surface area contributed by atoms with Crippen LogP contribution in [0.3, 0.4) is 0 Å². The Bertz CT molecular complexity index is 408. The molecule has 5 nitrogen and oxygen atoms in total. The Kier molecular flexibility index (Phi) is 4.63. The van der Waals surface area contributed by atoms with E-state index in [9.17, 15) is 4.79 Å². The van der Waals surface area contributed by atoms with Gasteiger partial charge in [0.25, 0.3) is 5.22 Å². The molecule has 2 atom stereocenters. The topological polar surface area (TPSA) is 76.2 Å². The number of nitrogens with zero attached hydrogens (tertiary/aromatic N) is 2. The molecule has 1 aromatic heterocycles. The molecule has 100 valence electrons. The van der Waals surface area contributed by atoms with Crippen molar-refractivity contribution < 1.29 is 14.4 Å². The molecule has 0 aliphatic heterocycles. The van der Waals surface area contributed by atoms with E-state index in [0.29, 0.717) is 11.1 Å². The van der Waals surface area contributed by atoms with Crippen LogP contribution in [0.2, 0.25) is 0 Å². The number of aromatic nitrogens is 2. The second-order valence-electron chi connectivity index (χ2n) is 4.74. The maximum atomic E-state index is 10.5. The molecule has 1 N–H and O–H groups in total. The molecule has 0 aromatic carbocycles. The second kappa shape index (κ2) is 6.22. The highest BCUT2D eigenvalue weighted by atomic mass is 32.2. The smallest absolute Gasteiger partial charge is 0.314 e. The molecular weight excluding hydrogens is 252 g/mol. The van der Waals surface area contributed by atoms with Crippen LogP contribution in [0.5, 0.6) is 0 Å². The summed E-state index contributed by atoms with van der Waals surface area (Å²) in [5.74, 6) is 0.984. The van der Waals surface area contributed by atoms with Crippen LogP contribution in [0.4, 0.5) is 0 Å². The van der Waals surface area contributed by atoms with Crippen molar-refractivity contribution in [3.05, 3.63) is 5.82 Å². The van der Waals surface area contributed by atoms with Crippen molar-refractivity contribution in [2.45, 2.75) is 50.2 Å². The molecule has 2 rings (SSSR count). The fourth-order valence-electron chi connectivity index (χ4n) is 2.46. The van der Waals surface area contributed by atoms with E-state index >= 15 is 0 Å². The van der Waals surface area contributed by atoms with Gasteiger partial charge in [-0.25, -0.2) is 0 Å². The third kappa shape index (κ3) is 3.48. The van der Waals surface area contributed by atoms with Crippen LogP contribution in [0, 0.1) is 5.92 Å². The summed E-state index contributed by atoms with van der Waals surface area (Å²) < 4.78 is 5.08. The van der Waals surface area contributed by atoms with Gasteiger partial charge in [-0.15, -0.1) is 0 Å². The number of rotatable bonds is 5. The van der Waals surface area contributed by atoms with Crippen molar-refractivity contribution in [3.8, 4) is 0 Å². The van der Waals surface area contributed by atoms with Gasteiger partial charge in [0.1, 0.15) is 5.75 Å². The maximum Gasteiger partial charge on any atom is 0.314 e. The number of hydrogen-bond donors (Lipinski definition) is 1. The predicted molar refractivity (Wildman–Crippen MR) is 67.6 cm³/mol. The van der Waals surface area contributed by atoms with Crippen LogP contribution in [0.25, 0.3) is 0 Å². The summed E-state index contributed by atoms with van der Waals surface area (Å²) in [7, 11) is 0. The van der Waals surface area contributed by atoms with Crippen LogP contribution in [-0.2, 0) is 4.79 Å². The summed E-state index contributed by atoms with van der Waals surface area (Å²) in [6, 6.07) is 0. The number of carbonyl (C=O) groups is 1. The lowest BCUT2D eigenvalue weighted by Crippen LogP contribution is -2.14. The van der Waals surface area contributed by atoms with Crippen LogP contribution in [0.15, 0.2) is 9.75 Å². The lowest BCUT2D eigenvalue weighted by Gasteiger charge is -2.26. The quantitative estimate of drug-likeness (QED) is 0.829. The fourth-order valence-corrected chi connectivity index (χ4v) is 2.96. The first-order valence-corrected chi connectivity index (χ1v) is 7.35. The number of carboxylic acid groups (broad SMARTS) is 1. The first-order chi connectivity index (χ1) is 8.69. The molecule has 18 heavy (non-hydrogen) atoms. The van der Waals surface area contributed by atoms with E-state index in [-0.39, 0.29) is 5.75 Å². The molecule has 0 saturated heterocycles. The van der Waals surface area contributed by atoms with Gasteiger partial charge in [-0.2, -0.15) is 4.98 Å². The van der Waals surface area contributed by atoms with Crippen LogP contribution < -0.4 is 0 Å². The summed E-state index contributed by atoms with van der Waals surface area (Å²) in [4.78, 5) is 14.7. The summed E-state index contributed by atoms with van der Waals surface area (Å²) in [6.45, 7) is 2.22. The minimum absolute atomic E-state index is 0.0378. The van der Waals surface area contributed by atoms with Crippen LogP contribution >= 0.6 is 11.8 Å². The first-order valence-electron chi connectivity index (χ1n) is 6.37. The fraction of sp³-hybridized carbons (Fsp3) is 0.750. The van der Waals surface area contributed by atoms with Gasteiger partial charge in [-0.1, -0.05) is 43.1 Å². The molecular formula is C12H18N2O3S. The highest BCUT2D eigenvalue weighted by Gasteiger charge is 2.26. The number of carboxylic acids is 1. The zero-order valence-corrected chi connectivity index (χ0v) is 11.3. The van der Waals surface area contributed by atoms with Gasteiger partial charge in [-0.3, -0.25) is 4.79 Å². The van der Waals surface area contributed by atoms with E-state index in [1.165, 1.54) is 19.3 Å². The minimum atomic E-state index is -0.872. The molecule has 1 fully saturated rings. The molecule has 1 saturated carbocycles. The maximum absolute atomic E-state index is 10.5. The summed E-state index contributed by atoms with van der Waals surface area (Å²) >= 11 is 1.08. The minimum Gasteiger partial charge on any atom is -0.481 e. The third-order valence-electron chi connectivity index (χ3n) is 3.47. The van der Waals surface area contributed by atoms with Gasteiger partial charge in [0, 0.05) is 5.92 Å². The summed E-state index contributed by atoms with van der Waals surface area (Å²) in [6.07, 6.45) is 5.95. The lowest BCUT2D eigenvalue weighted by molar-refractivity contribution is -0.133. The molecule has 1 aliphatic carbocycles. The average molecular weight is 270 g/mol. The van der Waals surface area contributed by atoms with Gasteiger partial charge < -0.3 is 9.63 Å². The SMILES string of the molecule is CCC1CCCC(c2noc(SCC(=O)O)n2)C1. The molecule has 1 aromatic rings. The summed E-state index contributed by atoms with van der Waals surface area (Å²) in [5, 5.41) is 12.9. The van der Waals surface area contributed by atoms with Gasteiger partial charge in [-0.05, 0) is 18.8 Å². The molecule has 1 aliphatic rings. The van der Waals surface area contributed by atoms with Crippen molar-refractivity contribution in [2.24, 2.45) is 5.92 Å². The first kappa shape index (κ1) is 13.4. The average Bonchev–Trinajstić information content (AvgIpc) is 2.85. The Morgan fingerprint density at radius 2 is 2.39 bits per heavy atom. The monoisotopic (exact) mass is 270 g/mol. The second-order valence-corrected chi connectivity index (χ2v) is 5.67. The predicted octanol–water partition coefficient (Wildman–Crippen LogP) is 2.93. The van der Waals surface area contributed by atoms with Crippen LogP contribution in [-0.4, -0.2) is 27.0 Å². The lowest BCUT2D eigenvalue weighted by atomic mass is 9.80. The zero-order chi connectivity index (χ0) is 13.0. The normalized spacial score (nSPS) is 24.1. The molecule has 1 heterocycles.